The number of nitrogens with one attached hydrogen (secondary N) is 1. The second-order valence-electron chi connectivity index (χ2n) is 5.25. The molecule has 6 nitrogen and oxygen atoms in total. The van der Waals surface area contributed by atoms with Crippen LogP contribution in [0.1, 0.15) is 25.5 Å². The number of hydrogen-bond donors (Lipinski definition) is 1. The number of rotatable bonds is 6. The van der Waals surface area contributed by atoms with E-state index in [-0.39, 0.29) is 16.6 Å². The molecule has 1 N–H and O–H groups in total. The summed E-state index contributed by atoms with van der Waals surface area (Å²) in [5.41, 5.74) is 1.09. The lowest BCUT2D eigenvalue weighted by Gasteiger charge is -2.14. The first-order valence-electron chi connectivity index (χ1n) is 7.20. The van der Waals surface area contributed by atoms with Gasteiger partial charge in [0, 0.05) is 18.2 Å². The monoisotopic (exact) mass is 337 g/mol. The van der Waals surface area contributed by atoms with Crippen molar-refractivity contribution in [2.75, 3.05) is 19.5 Å². The normalized spacial score (nSPS) is 10.7. The standard InChI is InChI=1S/C16H20ClN3O3/c1-10(2)20-16(21)15(17)13(9-19-20)18-8-11-5-6-12(22-3)7-14(11)23-4/h5-7,9-10,18H,8H2,1-4H3. The van der Waals surface area contributed by atoms with Gasteiger partial charge in [0.1, 0.15) is 16.5 Å². The maximum Gasteiger partial charge on any atom is 0.287 e. The van der Waals surface area contributed by atoms with Crippen LogP contribution in [0.15, 0.2) is 29.2 Å². The average molecular weight is 338 g/mol. The van der Waals surface area contributed by atoms with E-state index in [1.807, 2.05) is 26.0 Å². The molecule has 2 aromatic rings. The van der Waals surface area contributed by atoms with Gasteiger partial charge in [-0.25, -0.2) is 4.68 Å². The zero-order valence-electron chi connectivity index (χ0n) is 13.6. The Morgan fingerprint density at radius 3 is 2.65 bits per heavy atom. The third-order valence-electron chi connectivity index (χ3n) is 3.40. The highest BCUT2D eigenvalue weighted by Crippen LogP contribution is 2.26. The molecule has 0 atom stereocenters. The third-order valence-corrected chi connectivity index (χ3v) is 3.76. The van der Waals surface area contributed by atoms with Crippen LogP contribution in [-0.4, -0.2) is 24.0 Å². The van der Waals surface area contributed by atoms with Crippen LogP contribution >= 0.6 is 11.6 Å². The zero-order valence-corrected chi connectivity index (χ0v) is 14.3. The van der Waals surface area contributed by atoms with Gasteiger partial charge in [-0.1, -0.05) is 11.6 Å². The van der Waals surface area contributed by atoms with Crippen LogP contribution in [0.25, 0.3) is 0 Å². The van der Waals surface area contributed by atoms with Crippen molar-refractivity contribution in [1.29, 1.82) is 0 Å². The van der Waals surface area contributed by atoms with E-state index in [0.717, 1.165) is 5.56 Å². The summed E-state index contributed by atoms with van der Waals surface area (Å²) >= 11 is 6.14. The molecule has 0 spiro atoms. The molecular formula is C16H20ClN3O3. The minimum atomic E-state index is -0.312. The van der Waals surface area contributed by atoms with E-state index in [1.165, 1.54) is 4.68 Å². The summed E-state index contributed by atoms with van der Waals surface area (Å²) in [6.07, 6.45) is 1.56. The Kier molecular flexibility index (Phi) is 5.50. The molecule has 0 fully saturated rings. The molecule has 2 rings (SSSR count). The first-order valence-corrected chi connectivity index (χ1v) is 7.57. The number of hydrogen-bond acceptors (Lipinski definition) is 5. The fourth-order valence-corrected chi connectivity index (χ4v) is 2.33. The topological polar surface area (TPSA) is 65.4 Å². The number of anilines is 1. The Bertz CT molecular complexity index is 744. The number of aromatic nitrogens is 2. The van der Waals surface area contributed by atoms with Crippen molar-refractivity contribution < 1.29 is 9.47 Å². The smallest absolute Gasteiger partial charge is 0.287 e. The fraction of sp³-hybridized carbons (Fsp3) is 0.375. The minimum Gasteiger partial charge on any atom is -0.497 e. The lowest BCUT2D eigenvalue weighted by Crippen LogP contribution is -2.25. The van der Waals surface area contributed by atoms with Gasteiger partial charge in [0.05, 0.1) is 32.1 Å². The van der Waals surface area contributed by atoms with E-state index >= 15 is 0 Å². The van der Waals surface area contributed by atoms with E-state index in [2.05, 4.69) is 10.4 Å². The average Bonchev–Trinajstić information content (AvgIpc) is 2.55. The summed E-state index contributed by atoms with van der Waals surface area (Å²) in [5, 5.41) is 7.37. The van der Waals surface area contributed by atoms with E-state index < -0.39 is 0 Å². The summed E-state index contributed by atoms with van der Waals surface area (Å²) in [6, 6.07) is 5.49. The highest BCUT2D eigenvalue weighted by atomic mass is 35.5. The van der Waals surface area contributed by atoms with E-state index in [4.69, 9.17) is 21.1 Å². The highest BCUT2D eigenvalue weighted by Gasteiger charge is 2.12. The predicted octanol–water partition coefficient (Wildman–Crippen LogP) is 3.11. The molecule has 0 saturated heterocycles. The highest BCUT2D eigenvalue weighted by molar-refractivity contribution is 6.32. The number of methoxy groups -OCH3 is 2. The maximum absolute atomic E-state index is 12.1. The summed E-state index contributed by atoms with van der Waals surface area (Å²) in [6.45, 7) is 4.19. The van der Waals surface area contributed by atoms with Gasteiger partial charge in [-0.2, -0.15) is 5.10 Å². The third kappa shape index (κ3) is 3.76. The van der Waals surface area contributed by atoms with E-state index in [1.54, 1.807) is 26.5 Å². The van der Waals surface area contributed by atoms with Crippen molar-refractivity contribution in [3.63, 3.8) is 0 Å². The minimum absolute atomic E-state index is 0.0456. The first-order chi connectivity index (χ1) is 11.0. The molecule has 1 aromatic carbocycles. The molecule has 0 radical (unpaired) electrons. The van der Waals surface area contributed by atoms with Crippen LogP contribution in [0.2, 0.25) is 5.02 Å². The maximum atomic E-state index is 12.1. The largest absolute Gasteiger partial charge is 0.497 e. The van der Waals surface area contributed by atoms with Gasteiger partial charge in [0.15, 0.2) is 0 Å². The Morgan fingerprint density at radius 1 is 1.30 bits per heavy atom. The van der Waals surface area contributed by atoms with Gasteiger partial charge in [0.25, 0.3) is 5.56 Å². The van der Waals surface area contributed by atoms with Gasteiger partial charge in [-0.05, 0) is 26.0 Å². The van der Waals surface area contributed by atoms with Crippen LogP contribution in [0, 0.1) is 0 Å². The quantitative estimate of drug-likeness (QED) is 0.877. The van der Waals surface area contributed by atoms with Crippen LogP contribution in [0.4, 0.5) is 5.69 Å². The van der Waals surface area contributed by atoms with Crippen LogP contribution in [0.3, 0.4) is 0 Å². The van der Waals surface area contributed by atoms with Gasteiger partial charge in [0.2, 0.25) is 0 Å². The van der Waals surface area contributed by atoms with Crippen molar-refractivity contribution in [2.24, 2.45) is 0 Å². The van der Waals surface area contributed by atoms with Crippen molar-refractivity contribution in [2.45, 2.75) is 26.4 Å². The second kappa shape index (κ2) is 7.37. The summed E-state index contributed by atoms with van der Waals surface area (Å²) < 4.78 is 11.9. The van der Waals surface area contributed by atoms with Crippen LogP contribution in [0.5, 0.6) is 11.5 Å². The molecule has 0 aliphatic rings. The summed E-state index contributed by atoms with van der Waals surface area (Å²) in [7, 11) is 3.19. The van der Waals surface area contributed by atoms with Gasteiger partial charge in [-0.15, -0.1) is 0 Å². The predicted molar refractivity (Wildman–Crippen MR) is 90.8 cm³/mol. The Morgan fingerprint density at radius 2 is 2.04 bits per heavy atom. The first kappa shape index (κ1) is 17.1. The molecule has 0 aliphatic carbocycles. The van der Waals surface area contributed by atoms with Crippen molar-refractivity contribution >= 4 is 17.3 Å². The molecule has 7 heteroatoms. The molecule has 1 aromatic heterocycles. The number of halogens is 1. The summed E-state index contributed by atoms with van der Waals surface area (Å²) in [5.74, 6) is 1.40. The number of benzene rings is 1. The second-order valence-corrected chi connectivity index (χ2v) is 5.62. The molecule has 0 aliphatic heterocycles. The summed E-state index contributed by atoms with van der Waals surface area (Å²) in [4.78, 5) is 12.1. The molecule has 0 unspecified atom stereocenters. The molecule has 23 heavy (non-hydrogen) atoms. The number of nitrogens with zero attached hydrogens (tertiary/aromatic N) is 2. The van der Waals surface area contributed by atoms with Crippen molar-refractivity contribution in [3.05, 3.63) is 45.3 Å². The van der Waals surface area contributed by atoms with E-state index in [9.17, 15) is 4.79 Å². The Hall–Kier alpha value is -2.21. The molecule has 1 heterocycles. The zero-order chi connectivity index (χ0) is 17.0. The SMILES string of the molecule is COc1ccc(CNc2cnn(C(C)C)c(=O)c2Cl)c(OC)c1. The van der Waals surface area contributed by atoms with E-state index in [0.29, 0.717) is 23.7 Å². The van der Waals surface area contributed by atoms with Gasteiger partial charge < -0.3 is 14.8 Å². The lowest BCUT2D eigenvalue weighted by molar-refractivity contribution is 0.391. The Labute approximate surface area is 140 Å². The molecule has 0 bridgehead atoms. The fourth-order valence-electron chi connectivity index (χ4n) is 2.12. The molecule has 124 valence electrons. The lowest BCUT2D eigenvalue weighted by atomic mass is 10.2. The Balaban J connectivity index is 2.22. The van der Waals surface area contributed by atoms with Crippen LogP contribution in [-0.2, 0) is 6.54 Å². The van der Waals surface area contributed by atoms with Gasteiger partial charge >= 0.3 is 0 Å². The van der Waals surface area contributed by atoms with Gasteiger partial charge in [-0.3, -0.25) is 4.79 Å². The van der Waals surface area contributed by atoms with Crippen molar-refractivity contribution in [3.8, 4) is 11.5 Å². The number of ether oxygens (including phenoxy) is 2. The van der Waals surface area contributed by atoms with Crippen molar-refractivity contribution in [1.82, 2.24) is 9.78 Å². The molecular weight excluding hydrogens is 318 g/mol. The molecule has 0 saturated carbocycles. The van der Waals surface area contributed by atoms with Crippen LogP contribution < -0.4 is 20.3 Å². The molecule has 0 amide bonds.